The average molecular weight is 316 g/mol. The summed E-state index contributed by atoms with van der Waals surface area (Å²) in [5, 5.41) is 5.93. The van der Waals surface area contributed by atoms with Crippen LogP contribution in [0.15, 0.2) is 35.1 Å². The molecule has 3 rings (SSSR count). The number of esters is 1. The molecule has 0 spiro atoms. The fraction of sp³-hybridized carbons (Fsp3) is 0.312. The number of benzene rings is 1. The van der Waals surface area contributed by atoms with E-state index in [4.69, 9.17) is 9.47 Å². The SMILES string of the molecule is O=C(COC(=O)COc1ccc2c(c1)CCC2)Nc1ccon1. The van der Waals surface area contributed by atoms with Gasteiger partial charge in [-0.05, 0) is 42.5 Å². The second kappa shape index (κ2) is 6.95. The third-order valence-electron chi connectivity index (χ3n) is 3.50. The van der Waals surface area contributed by atoms with Gasteiger partial charge in [0, 0.05) is 6.07 Å². The first-order valence-electron chi connectivity index (χ1n) is 7.31. The lowest BCUT2D eigenvalue weighted by Crippen LogP contribution is -2.23. The van der Waals surface area contributed by atoms with E-state index < -0.39 is 18.5 Å². The smallest absolute Gasteiger partial charge is 0.344 e. The highest BCUT2D eigenvalue weighted by molar-refractivity contribution is 5.91. The van der Waals surface area contributed by atoms with Crippen LogP contribution in [0, 0.1) is 0 Å². The number of nitrogens with zero attached hydrogens (tertiary/aromatic N) is 1. The molecule has 1 aliphatic carbocycles. The molecule has 0 saturated carbocycles. The Kier molecular flexibility index (Phi) is 4.56. The van der Waals surface area contributed by atoms with Crippen LogP contribution in [0.25, 0.3) is 0 Å². The lowest BCUT2D eigenvalue weighted by Gasteiger charge is -2.08. The normalized spacial score (nSPS) is 12.5. The molecule has 7 heteroatoms. The molecule has 0 bridgehead atoms. The van der Waals surface area contributed by atoms with Crippen LogP contribution in [-0.4, -0.2) is 30.2 Å². The third-order valence-corrected chi connectivity index (χ3v) is 3.50. The van der Waals surface area contributed by atoms with Gasteiger partial charge < -0.3 is 19.3 Å². The minimum Gasteiger partial charge on any atom is -0.482 e. The Bertz CT molecular complexity index is 697. The van der Waals surface area contributed by atoms with Gasteiger partial charge in [0.2, 0.25) is 0 Å². The fourth-order valence-corrected chi connectivity index (χ4v) is 2.42. The zero-order chi connectivity index (χ0) is 16.1. The van der Waals surface area contributed by atoms with E-state index >= 15 is 0 Å². The average Bonchev–Trinajstić information content (AvgIpc) is 3.21. The minimum atomic E-state index is -0.610. The van der Waals surface area contributed by atoms with E-state index in [1.807, 2.05) is 18.2 Å². The van der Waals surface area contributed by atoms with E-state index in [-0.39, 0.29) is 12.4 Å². The summed E-state index contributed by atoms with van der Waals surface area (Å²) in [6.45, 7) is -0.644. The molecule has 1 aromatic heterocycles. The second-order valence-corrected chi connectivity index (χ2v) is 5.17. The highest BCUT2D eigenvalue weighted by atomic mass is 16.6. The lowest BCUT2D eigenvalue weighted by molar-refractivity contribution is -0.149. The van der Waals surface area contributed by atoms with Crippen molar-refractivity contribution in [3.63, 3.8) is 0 Å². The molecular weight excluding hydrogens is 300 g/mol. The van der Waals surface area contributed by atoms with Gasteiger partial charge in [-0.2, -0.15) is 0 Å². The van der Waals surface area contributed by atoms with Crippen LogP contribution < -0.4 is 10.1 Å². The molecule has 1 aliphatic rings. The zero-order valence-corrected chi connectivity index (χ0v) is 12.4. The van der Waals surface area contributed by atoms with Gasteiger partial charge in [-0.3, -0.25) is 4.79 Å². The molecular formula is C16H16N2O5. The van der Waals surface area contributed by atoms with Crippen LogP contribution in [0.1, 0.15) is 17.5 Å². The summed E-state index contributed by atoms with van der Waals surface area (Å²) in [4.78, 5) is 23.1. The van der Waals surface area contributed by atoms with Crippen molar-refractivity contribution in [1.29, 1.82) is 0 Å². The minimum absolute atomic E-state index is 0.240. The Balaban J connectivity index is 1.40. The van der Waals surface area contributed by atoms with Gasteiger partial charge in [0.25, 0.3) is 5.91 Å². The fourth-order valence-electron chi connectivity index (χ4n) is 2.42. The van der Waals surface area contributed by atoms with E-state index in [1.165, 1.54) is 23.5 Å². The number of rotatable bonds is 6. The number of aromatic nitrogens is 1. The molecule has 1 amide bonds. The van der Waals surface area contributed by atoms with Crippen LogP contribution in [0.4, 0.5) is 5.82 Å². The maximum absolute atomic E-state index is 11.6. The van der Waals surface area contributed by atoms with Crippen molar-refractivity contribution in [2.75, 3.05) is 18.5 Å². The first-order valence-corrected chi connectivity index (χ1v) is 7.31. The number of hydrogen-bond donors (Lipinski definition) is 1. The summed E-state index contributed by atoms with van der Waals surface area (Å²) in [7, 11) is 0. The van der Waals surface area contributed by atoms with E-state index in [0.717, 1.165) is 19.3 Å². The summed E-state index contributed by atoms with van der Waals surface area (Å²) >= 11 is 0. The number of carbonyl (C=O) groups is 2. The molecule has 23 heavy (non-hydrogen) atoms. The molecule has 1 heterocycles. The zero-order valence-electron chi connectivity index (χ0n) is 12.4. The molecule has 7 nitrogen and oxygen atoms in total. The highest BCUT2D eigenvalue weighted by Gasteiger charge is 2.13. The summed E-state index contributed by atoms with van der Waals surface area (Å²) in [6.07, 6.45) is 4.62. The van der Waals surface area contributed by atoms with Crippen molar-refractivity contribution in [3.05, 3.63) is 41.7 Å². The Morgan fingerprint density at radius 2 is 2.04 bits per heavy atom. The molecule has 120 valence electrons. The van der Waals surface area contributed by atoms with Crippen molar-refractivity contribution in [2.24, 2.45) is 0 Å². The molecule has 0 atom stereocenters. The van der Waals surface area contributed by atoms with E-state index in [9.17, 15) is 9.59 Å². The van der Waals surface area contributed by atoms with Crippen molar-refractivity contribution in [3.8, 4) is 5.75 Å². The lowest BCUT2D eigenvalue weighted by atomic mass is 10.1. The largest absolute Gasteiger partial charge is 0.482 e. The number of nitrogens with one attached hydrogen (secondary N) is 1. The second-order valence-electron chi connectivity index (χ2n) is 5.17. The predicted octanol–water partition coefficient (Wildman–Crippen LogP) is 1.72. The monoisotopic (exact) mass is 316 g/mol. The van der Waals surface area contributed by atoms with Gasteiger partial charge >= 0.3 is 5.97 Å². The number of fused-ring (bicyclic) bond motifs is 1. The van der Waals surface area contributed by atoms with E-state index in [2.05, 4.69) is 15.0 Å². The van der Waals surface area contributed by atoms with Crippen LogP contribution in [0.3, 0.4) is 0 Å². The van der Waals surface area contributed by atoms with E-state index in [0.29, 0.717) is 5.75 Å². The van der Waals surface area contributed by atoms with Crippen molar-refractivity contribution in [2.45, 2.75) is 19.3 Å². The van der Waals surface area contributed by atoms with Crippen molar-refractivity contribution < 1.29 is 23.6 Å². The number of anilines is 1. The number of ether oxygens (including phenoxy) is 2. The number of aryl methyl sites for hydroxylation is 2. The number of carbonyl (C=O) groups excluding carboxylic acids is 2. The first kappa shape index (κ1) is 15.1. The molecule has 0 aliphatic heterocycles. The van der Waals surface area contributed by atoms with Gasteiger partial charge in [-0.15, -0.1) is 0 Å². The molecule has 0 fully saturated rings. The van der Waals surface area contributed by atoms with E-state index in [1.54, 1.807) is 0 Å². The van der Waals surface area contributed by atoms with Gasteiger partial charge in [0.05, 0.1) is 0 Å². The summed E-state index contributed by atoms with van der Waals surface area (Å²) < 4.78 is 14.8. The van der Waals surface area contributed by atoms with Gasteiger partial charge in [0.1, 0.15) is 12.0 Å². The molecule has 0 unspecified atom stereocenters. The Labute approximate surface area is 132 Å². The van der Waals surface area contributed by atoms with Crippen molar-refractivity contribution >= 4 is 17.7 Å². The van der Waals surface area contributed by atoms with Crippen LogP contribution >= 0.6 is 0 Å². The van der Waals surface area contributed by atoms with Crippen LogP contribution in [0.2, 0.25) is 0 Å². The number of hydrogen-bond acceptors (Lipinski definition) is 6. The molecule has 2 aromatic rings. The highest BCUT2D eigenvalue weighted by Crippen LogP contribution is 2.25. The molecule has 0 radical (unpaired) electrons. The maximum Gasteiger partial charge on any atom is 0.344 e. The molecule has 1 aromatic carbocycles. The standard InChI is InChI=1S/C16H16N2O5/c19-15(17-14-6-7-23-18-14)9-22-16(20)10-21-13-5-4-11-2-1-3-12(11)8-13/h4-8H,1-3,9-10H2,(H,17,18,19). The Hall–Kier alpha value is -2.83. The number of amides is 1. The topological polar surface area (TPSA) is 90.7 Å². The predicted molar refractivity (Wildman–Crippen MR) is 80.1 cm³/mol. The van der Waals surface area contributed by atoms with Gasteiger partial charge in [-0.1, -0.05) is 11.2 Å². The van der Waals surface area contributed by atoms with Crippen molar-refractivity contribution in [1.82, 2.24) is 5.16 Å². The first-order chi connectivity index (χ1) is 11.2. The third kappa shape index (κ3) is 4.09. The Morgan fingerprint density at radius 1 is 1.17 bits per heavy atom. The maximum atomic E-state index is 11.6. The van der Waals surface area contributed by atoms with Gasteiger partial charge in [0.15, 0.2) is 19.0 Å². The Morgan fingerprint density at radius 3 is 2.87 bits per heavy atom. The molecule has 1 N–H and O–H groups in total. The molecule has 0 saturated heterocycles. The summed E-state index contributed by atoms with van der Waals surface area (Å²) in [6, 6.07) is 7.30. The van der Waals surface area contributed by atoms with Gasteiger partial charge in [-0.25, -0.2) is 4.79 Å². The quantitative estimate of drug-likeness (QED) is 0.816. The van der Waals surface area contributed by atoms with Crippen LogP contribution in [-0.2, 0) is 27.2 Å². The summed E-state index contributed by atoms with van der Waals surface area (Å²) in [5.74, 6) is -0.208. The van der Waals surface area contributed by atoms with Crippen LogP contribution in [0.5, 0.6) is 5.75 Å². The summed E-state index contributed by atoms with van der Waals surface area (Å²) in [5.41, 5.74) is 2.60.